The minimum Gasteiger partial charge on any atom is -0.376 e. The highest BCUT2D eigenvalue weighted by molar-refractivity contribution is 5.97. The number of benzene rings is 2. The molecule has 2 fully saturated rings. The first-order chi connectivity index (χ1) is 17.1. The average Bonchev–Trinajstić information content (AvgIpc) is 2.89. The molecule has 4 rings (SSSR count). The zero-order valence-corrected chi connectivity index (χ0v) is 20.3. The number of amides is 3. The van der Waals surface area contributed by atoms with Gasteiger partial charge in [-0.15, -0.1) is 0 Å². The summed E-state index contributed by atoms with van der Waals surface area (Å²) in [4.78, 5) is 37.2. The Hall–Kier alpha value is -3.35. The number of hydrogen-bond donors (Lipinski definition) is 4. The van der Waals surface area contributed by atoms with Gasteiger partial charge < -0.3 is 21.3 Å². The smallest absolute Gasteiger partial charge is 0.251 e. The summed E-state index contributed by atoms with van der Waals surface area (Å²) in [5.74, 6) is -0.298. The Morgan fingerprint density at radius 1 is 0.600 bits per heavy atom. The van der Waals surface area contributed by atoms with Crippen molar-refractivity contribution >= 4 is 29.1 Å². The highest BCUT2D eigenvalue weighted by Gasteiger charge is 2.17. The minimum absolute atomic E-state index is 0.0444. The second-order valence-electron chi connectivity index (χ2n) is 9.67. The Balaban J connectivity index is 1.20. The molecule has 7 nitrogen and oxygen atoms in total. The molecule has 0 spiro atoms. The van der Waals surface area contributed by atoms with E-state index in [1.165, 1.54) is 38.5 Å². The third kappa shape index (κ3) is 7.57. The lowest BCUT2D eigenvalue weighted by Crippen LogP contribution is -2.36. The van der Waals surface area contributed by atoms with Gasteiger partial charge in [0.15, 0.2) is 0 Å². The summed E-state index contributed by atoms with van der Waals surface area (Å²) in [6, 6.07) is 14.7. The molecule has 0 aliphatic heterocycles. The van der Waals surface area contributed by atoms with E-state index >= 15 is 0 Å². The zero-order valence-electron chi connectivity index (χ0n) is 20.3. The lowest BCUT2D eigenvalue weighted by atomic mass is 9.95. The highest BCUT2D eigenvalue weighted by Crippen LogP contribution is 2.19. The summed E-state index contributed by atoms with van der Waals surface area (Å²) in [7, 11) is 0. The number of nitrogens with one attached hydrogen (secondary N) is 4. The molecular formula is C28H36N4O3. The average molecular weight is 477 g/mol. The number of anilines is 2. The van der Waals surface area contributed by atoms with Gasteiger partial charge in [0.1, 0.15) is 0 Å². The van der Waals surface area contributed by atoms with E-state index in [1.807, 2.05) is 12.1 Å². The van der Waals surface area contributed by atoms with Crippen molar-refractivity contribution in [2.75, 3.05) is 17.2 Å². The molecule has 3 amide bonds. The van der Waals surface area contributed by atoms with E-state index in [-0.39, 0.29) is 36.3 Å². The summed E-state index contributed by atoms with van der Waals surface area (Å²) < 4.78 is 0. The molecule has 2 saturated carbocycles. The third-order valence-corrected chi connectivity index (χ3v) is 6.91. The fraction of sp³-hybridized carbons (Fsp3) is 0.464. The summed E-state index contributed by atoms with van der Waals surface area (Å²) in [6.07, 6.45) is 11.4. The summed E-state index contributed by atoms with van der Waals surface area (Å²) in [5.41, 5.74) is 2.63. The zero-order chi connectivity index (χ0) is 24.5. The molecule has 7 heteroatoms. The molecule has 2 aromatic carbocycles. The van der Waals surface area contributed by atoms with Gasteiger partial charge in [0.05, 0.1) is 6.54 Å². The molecular weight excluding hydrogens is 440 g/mol. The summed E-state index contributed by atoms with van der Waals surface area (Å²) in [6.45, 7) is 0.0948. The van der Waals surface area contributed by atoms with Crippen LogP contribution in [0.5, 0.6) is 0 Å². The molecule has 0 bridgehead atoms. The Morgan fingerprint density at radius 3 is 1.49 bits per heavy atom. The fourth-order valence-corrected chi connectivity index (χ4v) is 4.86. The minimum atomic E-state index is -0.191. The van der Waals surface area contributed by atoms with Crippen molar-refractivity contribution in [3.8, 4) is 0 Å². The first kappa shape index (κ1) is 24.8. The van der Waals surface area contributed by atoms with Crippen molar-refractivity contribution in [2.45, 2.75) is 76.3 Å². The van der Waals surface area contributed by atoms with E-state index in [0.717, 1.165) is 31.4 Å². The number of carbonyl (C=O) groups excluding carboxylic acids is 3. The van der Waals surface area contributed by atoms with Crippen LogP contribution in [0.4, 0.5) is 11.4 Å². The van der Waals surface area contributed by atoms with Gasteiger partial charge in [-0.05, 0) is 74.2 Å². The lowest BCUT2D eigenvalue weighted by molar-refractivity contribution is -0.114. The quantitative estimate of drug-likeness (QED) is 0.437. The van der Waals surface area contributed by atoms with Crippen LogP contribution in [0.2, 0.25) is 0 Å². The second kappa shape index (κ2) is 12.4. The van der Waals surface area contributed by atoms with Gasteiger partial charge in [-0.25, -0.2) is 0 Å². The molecule has 186 valence electrons. The van der Waals surface area contributed by atoms with Crippen molar-refractivity contribution < 1.29 is 14.4 Å². The largest absolute Gasteiger partial charge is 0.376 e. The molecule has 2 aliphatic rings. The van der Waals surface area contributed by atoms with Crippen LogP contribution in [0.25, 0.3) is 0 Å². The van der Waals surface area contributed by atoms with Gasteiger partial charge in [0, 0.05) is 34.6 Å². The van der Waals surface area contributed by atoms with E-state index in [4.69, 9.17) is 0 Å². The second-order valence-corrected chi connectivity index (χ2v) is 9.67. The van der Waals surface area contributed by atoms with E-state index in [1.54, 1.807) is 36.4 Å². The molecule has 0 saturated heterocycles. The van der Waals surface area contributed by atoms with Crippen LogP contribution in [0.1, 0.15) is 84.9 Å². The Labute approximate surface area is 207 Å². The highest BCUT2D eigenvalue weighted by atomic mass is 16.2. The monoisotopic (exact) mass is 476 g/mol. The van der Waals surface area contributed by atoms with Crippen LogP contribution in [-0.4, -0.2) is 36.3 Å². The topological polar surface area (TPSA) is 99.3 Å². The van der Waals surface area contributed by atoms with Crippen molar-refractivity contribution in [1.82, 2.24) is 10.6 Å². The molecule has 2 aliphatic carbocycles. The van der Waals surface area contributed by atoms with Crippen molar-refractivity contribution in [3.63, 3.8) is 0 Å². The van der Waals surface area contributed by atoms with Crippen LogP contribution >= 0.6 is 0 Å². The van der Waals surface area contributed by atoms with Crippen molar-refractivity contribution in [3.05, 3.63) is 59.7 Å². The Kier molecular flexibility index (Phi) is 8.76. The first-order valence-electron chi connectivity index (χ1n) is 12.9. The van der Waals surface area contributed by atoms with E-state index in [2.05, 4.69) is 21.3 Å². The van der Waals surface area contributed by atoms with Crippen LogP contribution in [0.3, 0.4) is 0 Å². The Bertz CT molecular complexity index is 992. The standard InChI is InChI=1S/C28H36N4O3/c33-26(30-25-17-13-21(14-18-25)28(35)32-24-9-5-2-6-10-24)19-29-22-15-11-20(12-16-22)27(34)31-23-7-3-1-4-8-23/h11-18,23-24,29H,1-10,19H2,(H,30,33)(H,31,34)(H,32,35). The van der Waals surface area contributed by atoms with Gasteiger partial charge in [0.2, 0.25) is 5.91 Å². The van der Waals surface area contributed by atoms with Gasteiger partial charge >= 0.3 is 0 Å². The molecule has 0 atom stereocenters. The normalized spacial score (nSPS) is 16.8. The lowest BCUT2D eigenvalue weighted by Gasteiger charge is -2.22. The molecule has 0 unspecified atom stereocenters. The molecule has 2 aromatic rings. The summed E-state index contributed by atoms with van der Waals surface area (Å²) >= 11 is 0. The maximum absolute atomic E-state index is 12.4. The maximum Gasteiger partial charge on any atom is 0.251 e. The van der Waals surface area contributed by atoms with Crippen LogP contribution in [-0.2, 0) is 4.79 Å². The third-order valence-electron chi connectivity index (χ3n) is 6.91. The van der Waals surface area contributed by atoms with E-state index in [0.29, 0.717) is 16.8 Å². The first-order valence-corrected chi connectivity index (χ1v) is 12.9. The van der Waals surface area contributed by atoms with Gasteiger partial charge in [-0.3, -0.25) is 14.4 Å². The van der Waals surface area contributed by atoms with Gasteiger partial charge in [0.25, 0.3) is 11.8 Å². The van der Waals surface area contributed by atoms with Crippen molar-refractivity contribution in [1.29, 1.82) is 0 Å². The van der Waals surface area contributed by atoms with E-state index < -0.39 is 0 Å². The number of rotatable bonds is 8. The number of hydrogen-bond acceptors (Lipinski definition) is 4. The molecule has 35 heavy (non-hydrogen) atoms. The van der Waals surface area contributed by atoms with Crippen LogP contribution < -0.4 is 21.3 Å². The Morgan fingerprint density at radius 2 is 1.03 bits per heavy atom. The van der Waals surface area contributed by atoms with Crippen LogP contribution in [0.15, 0.2) is 48.5 Å². The van der Waals surface area contributed by atoms with Crippen molar-refractivity contribution in [2.24, 2.45) is 0 Å². The predicted molar refractivity (Wildman–Crippen MR) is 139 cm³/mol. The molecule has 0 aromatic heterocycles. The SMILES string of the molecule is O=C(CNc1ccc(C(=O)NC2CCCCC2)cc1)Nc1ccc(C(=O)NC2CCCCC2)cc1. The van der Waals surface area contributed by atoms with Crippen LogP contribution in [0, 0.1) is 0 Å². The number of carbonyl (C=O) groups is 3. The summed E-state index contributed by atoms with van der Waals surface area (Å²) in [5, 5.41) is 12.1. The molecule has 4 N–H and O–H groups in total. The molecule has 0 radical (unpaired) electrons. The predicted octanol–water partition coefficient (Wildman–Crippen LogP) is 4.86. The maximum atomic E-state index is 12.4. The van der Waals surface area contributed by atoms with Gasteiger partial charge in [-0.1, -0.05) is 38.5 Å². The van der Waals surface area contributed by atoms with Gasteiger partial charge in [-0.2, -0.15) is 0 Å². The molecule has 0 heterocycles. The van der Waals surface area contributed by atoms with E-state index in [9.17, 15) is 14.4 Å². The fourth-order valence-electron chi connectivity index (χ4n) is 4.86.